The first-order chi connectivity index (χ1) is 8.36. The number of thiocarbonyl (C=S) groups is 1. The van der Waals surface area contributed by atoms with Crippen molar-refractivity contribution < 1.29 is 8.42 Å². The third-order valence-corrected chi connectivity index (χ3v) is 4.85. The molecule has 6 nitrogen and oxygen atoms in total. The molecule has 1 aromatic heterocycles. The van der Waals surface area contributed by atoms with Crippen LogP contribution >= 0.6 is 12.2 Å². The van der Waals surface area contributed by atoms with E-state index in [9.17, 15) is 8.42 Å². The van der Waals surface area contributed by atoms with Gasteiger partial charge in [0.15, 0.2) is 0 Å². The molecule has 1 rings (SSSR count). The smallest absolute Gasteiger partial charge is 0.221 e. The Kier molecular flexibility index (Phi) is 5.24. The Morgan fingerprint density at radius 3 is 2.78 bits per heavy atom. The van der Waals surface area contributed by atoms with Crippen LogP contribution in [0.1, 0.15) is 18.9 Å². The Morgan fingerprint density at radius 1 is 1.67 bits per heavy atom. The minimum Gasteiger partial charge on any atom is -0.392 e. The van der Waals surface area contributed by atoms with Crippen molar-refractivity contribution in [3.8, 4) is 0 Å². The van der Waals surface area contributed by atoms with Crippen LogP contribution < -0.4 is 10.5 Å². The van der Waals surface area contributed by atoms with E-state index in [0.717, 1.165) is 5.56 Å². The van der Waals surface area contributed by atoms with E-state index in [2.05, 4.69) is 9.82 Å². The average Bonchev–Trinajstić information content (AvgIpc) is 2.63. The second-order valence-corrected chi connectivity index (χ2v) is 6.44. The maximum absolute atomic E-state index is 11.9. The molecule has 0 aliphatic carbocycles. The first-order valence-electron chi connectivity index (χ1n) is 5.63. The van der Waals surface area contributed by atoms with Gasteiger partial charge in [-0.05, 0) is 18.9 Å². The van der Waals surface area contributed by atoms with Gasteiger partial charge in [-0.2, -0.15) is 5.10 Å². The van der Waals surface area contributed by atoms with Crippen LogP contribution in [0.3, 0.4) is 0 Å². The lowest BCUT2D eigenvalue weighted by atomic mass is 10.3. The van der Waals surface area contributed by atoms with Crippen molar-refractivity contribution in [1.29, 1.82) is 0 Å². The van der Waals surface area contributed by atoms with Crippen LogP contribution in [0.2, 0.25) is 0 Å². The average molecular weight is 290 g/mol. The number of nitrogens with two attached hydrogens (primary N) is 1. The van der Waals surface area contributed by atoms with Crippen LogP contribution in [-0.4, -0.2) is 35.0 Å². The highest BCUT2D eigenvalue weighted by atomic mass is 32.2. The number of sulfonamides is 1. The molecule has 0 radical (unpaired) electrons. The second kappa shape index (κ2) is 6.26. The molecule has 0 fully saturated rings. The third kappa shape index (κ3) is 4.04. The van der Waals surface area contributed by atoms with Crippen LogP contribution in [0.4, 0.5) is 0 Å². The Labute approximate surface area is 113 Å². The lowest BCUT2D eigenvalue weighted by Crippen LogP contribution is -2.42. The van der Waals surface area contributed by atoms with E-state index in [1.54, 1.807) is 17.8 Å². The van der Waals surface area contributed by atoms with E-state index in [4.69, 9.17) is 18.0 Å². The fourth-order valence-corrected chi connectivity index (χ4v) is 3.43. The number of nitrogens with one attached hydrogen (secondary N) is 1. The number of rotatable bonds is 7. The van der Waals surface area contributed by atoms with Gasteiger partial charge in [-0.25, -0.2) is 13.1 Å². The van der Waals surface area contributed by atoms with Crippen LogP contribution in [0.5, 0.6) is 0 Å². The Bertz CT molecular complexity index is 510. The summed E-state index contributed by atoms with van der Waals surface area (Å²) in [5.41, 5.74) is 6.45. The van der Waals surface area contributed by atoms with E-state index in [1.807, 2.05) is 13.1 Å². The van der Waals surface area contributed by atoms with Gasteiger partial charge in [-0.1, -0.05) is 19.1 Å². The molecule has 1 unspecified atom stereocenters. The van der Waals surface area contributed by atoms with E-state index in [-0.39, 0.29) is 11.5 Å². The van der Waals surface area contributed by atoms with Gasteiger partial charge in [0.25, 0.3) is 0 Å². The van der Waals surface area contributed by atoms with Crippen molar-refractivity contribution >= 4 is 27.2 Å². The summed E-state index contributed by atoms with van der Waals surface area (Å²) in [4.78, 5) is -0.0000615. The second-order valence-electron chi connectivity index (χ2n) is 4.02. The quantitative estimate of drug-likeness (QED) is 0.699. The normalized spacial score (nSPS) is 13.4. The van der Waals surface area contributed by atoms with Crippen molar-refractivity contribution in [3.63, 3.8) is 0 Å². The highest BCUT2D eigenvalue weighted by Crippen LogP contribution is 2.04. The van der Waals surface area contributed by atoms with Gasteiger partial charge in [0.1, 0.15) is 5.25 Å². The van der Waals surface area contributed by atoms with Crippen molar-refractivity contribution in [1.82, 2.24) is 14.5 Å². The number of nitrogens with zero attached hydrogens (tertiary/aromatic N) is 2. The number of hydrogen-bond donors (Lipinski definition) is 2. The van der Waals surface area contributed by atoms with Gasteiger partial charge in [0.2, 0.25) is 10.0 Å². The standard InChI is InChI=1S/C10H18N4O2S2/c1-3-9(10(11)17)18(15,16)13-4-5-14-7-8(2)6-12-14/h6-7,9,13H,3-5H2,1-2H3,(H2,11,17). The molecule has 0 aliphatic heterocycles. The summed E-state index contributed by atoms with van der Waals surface area (Å²) in [6, 6.07) is 0. The topological polar surface area (TPSA) is 90.0 Å². The molecule has 0 saturated carbocycles. The van der Waals surface area contributed by atoms with Crippen molar-refractivity contribution in [2.75, 3.05) is 6.54 Å². The monoisotopic (exact) mass is 290 g/mol. The SMILES string of the molecule is CCC(C(N)=S)S(=O)(=O)NCCn1cc(C)cn1. The predicted octanol–water partition coefficient (Wildman–Crippen LogP) is 0.176. The van der Waals surface area contributed by atoms with Crippen molar-refractivity contribution in [3.05, 3.63) is 18.0 Å². The summed E-state index contributed by atoms with van der Waals surface area (Å²) in [6.45, 7) is 4.40. The fourth-order valence-electron chi connectivity index (χ4n) is 1.57. The van der Waals surface area contributed by atoms with E-state index >= 15 is 0 Å². The summed E-state index contributed by atoms with van der Waals surface area (Å²) in [7, 11) is -3.49. The third-order valence-electron chi connectivity index (χ3n) is 2.47. The molecule has 102 valence electrons. The molecule has 0 saturated heterocycles. The molecule has 18 heavy (non-hydrogen) atoms. The zero-order chi connectivity index (χ0) is 13.8. The minimum absolute atomic E-state index is 0.0000615. The molecule has 1 aromatic rings. The van der Waals surface area contributed by atoms with E-state index in [1.165, 1.54) is 0 Å². The van der Waals surface area contributed by atoms with Gasteiger partial charge >= 0.3 is 0 Å². The maximum Gasteiger partial charge on any atom is 0.221 e. The van der Waals surface area contributed by atoms with Gasteiger partial charge < -0.3 is 5.73 Å². The van der Waals surface area contributed by atoms with Crippen LogP contribution in [0.15, 0.2) is 12.4 Å². The van der Waals surface area contributed by atoms with Crippen LogP contribution in [0, 0.1) is 6.92 Å². The molecule has 0 aliphatic rings. The minimum atomic E-state index is -3.49. The van der Waals surface area contributed by atoms with Crippen LogP contribution in [0.25, 0.3) is 0 Å². The molecule has 8 heteroatoms. The summed E-state index contributed by atoms with van der Waals surface area (Å²) in [5.74, 6) is 0. The molecular formula is C10H18N4O2S2. The van der Waals surface area contributed by atoms with Gasteiger partial charge in [-0.3, -0.25) is 4.68 Å². The first-order valence-corrected chi connectivity index (χ1v) is 7.59. The molecule has 1 heterocycles. The summed E-state index contributed by atoms with van der Waals surface area (Å²) < 4.78 is 28.0. The zero-order valence-electron chi connectivity index (χ0n) is 10.5. The van der Waals surface area contributed by atoms with E-state index < -0.39 is 15.3 Å². The Morgan fingerprint density at radius 2 is 2.33 bits per heavy atom. The highest BCUT2D eigenvalue weighted by Gasteiger charge is 2.25. The van der Waals surface area contributed by atoms with E-state index in [0.29, 0.717) is 13.0 Å². The molecule has 1 atom stereocenters. The molecule has 0 aromatic carbocycles. The largest absolute Gasteiger partial charge is 0.392 e. The van der Waals surface area contributed by atoms with Crippen molar-refractivity contribution in [2.45, 2.75) is 32.1 Å². The summed E-state index contributed by atoms with van der Waals surface area (Å²) in [5, 5.41) is 3.25. The lowest BCUT2D eigenvalue weighted by molar-refractivity contribution is 0.555. The highest BCUT2D eigenvalue weighted by molar-refractivity contribution is 7.93. The Hall–Kier alpha value is -0.990. The maximum atomic E-state index is 11.9. The summed E-state index contributed by atoms with van der Waals surface area (Å²) in [6.07, 6.45) is 3.93. The molecule has 0 bridgehead atoms. The molecule has 0 amide bonds. The number of aromatic nitrogens is 2. The van der Waals surface area contributed by atoms with Crippen molar-refractivity contribution in [2.24, 2.45) is 5.73 Å². The van der Waals surface area contributed by atoms with Gasteiger partial charge in [-0.15, -0.1) is 0 Å². The number of hydrogen-bond acceptors (Lipinski definition) is 4. The first kappa shape index (κ1) is 15.1. The summed E-state index contributed by atoms with van der Waals surface area (Å²) >= 11 is 4.75. The van der Waals surface area contributed by atoms with Crippen LogP contribution in [-0.2, 0) is 16.6 Å². The molecule has 3 N–H and O–H groups in total. The van der Waals surface area contributed by atoms with Gasteiger partial charge in [0, 0.05) is 12.7 Å². The van der Waals surface area contributed by atoms with Gasteiger partial charge in [0.05, 0.1) is 17.7 Å². The number of aryl methyl sites for hydroxylation is 1. The lowest BCUT2D eigenvalue weighted by Gasteiger charge is -2.15. The predicted molar refractivity (Wildman–Crippen MR) is 74.8 cm³/mol. The molecular weight excluding hydrogens is 272 g/mol. The Balaban J connectivity index is 2.54. The zero-order valence-corrected chi connectivity index (χ0v) is 12.1. The molecule has 0 spiro atoms. The fraction of sp³-hybridized carbons (Fsp3) is 0.600.